The van der Waals surface area contributed by atoms with Crippen molar-refractivity contribution in [2.45, 2.75) is 71.0 Å². The molecular formula is C17H30OSi. The van der Waals surface area contributed by atoms with Crippen LogP contribution in [0.25, 0.3) is 0 Å². The van der Waals surface area contributed by atoms with Crippen LogP contribution in [0.5, 0.6) is 5.75 Å². The molecule has 1 aromatic carbocycles. The first kappa shape index (κ1) is 16.3. The molecule has 0 spiro atoms. The summed E-state index contributed by atoms with van der Waals surface area (Å²) in [6.07, 6.45) is 7.94. The van der Waals surface area contributed by atoms with Crippen molar-refractivity contribution in [1.82, 2.24) is 0 Å². The molecular weight excluding hydrogens is 248 g/mol. The molecule has 0 aromatic heterocycles. The van der Waals surface area contributed by atoms with Gasteiger partial charge in [-0.3, -0.25) is 0 Å². The second-order valence-electron chi connectivity index (χ2n) is 5.78. The summed E-state index contributed by atoms with van der Waals surface area (Å²) >= 11 is 0. The summed E-state index contributed by atoms with van der Waals surface area (Å²) < 4.78 is 6.43. The zero-order valence-electron chi connectivity index (χ0n) is 13.0. The maximum Gasteiger partial charge on any atom is 0.248 e. The van der Waals surface area contributed by atoms with Crippen LogP contribution in [0.15, 0.2) is 30.3 Å². The average Bonchev–Trinajstić information content (AvgIpc) is 2.40. The minimum Gasteiger partial charge on any atom is -0.544 e. The van der Waals surface area contributed by atoms with E-state index >= 15 is 0 Å². The zero-order valence-corrected chi connectivity index (χ0v) is 14.0. The Kier molecular flexibility index (Phi) is 7.88. The number of hydrogen-bond donors (Lipinski definition) is 0. The van der Waals surface area contributed by atoms with E-state index in [0.717, 1.165) is 5.75 Å². The fourth-order valence-electron chi connectivity index (χ4n) is 2.50. The van der Waals surface area contributed by atoms with Gasteiger partial charge in [-0.15, -0.1) is 0 Å². The fraction of sp³-hybridized carbons (Fsp3) is 0.647. The van der Waals surface area contributed by atoms with Crippen LogP contribution in [0.2, 0.25) is 18.6 Å². The Labute approximate surface area is 120 Å². The van der Waals surface area contributed by atoms with E-state index in [1.54, 1.807) is 0 Å². The van der Waals surface area contributed by atoms with E-state index < -0.39 is 8.32 Å². The van der Waals surface area contributed by atoms with Crippen LogP contribution in [0.1, 0.15) is 52.4 Å². The Bertz CT molecular complexity index is 313. The first-order valence-electron chi connectivity index (χ1n) is 7.94. The fourth-order valence-corrected chi connectivity index (χ4v) is 5.65. The predicted molar refractivity (Wildman–Crippen MR) is 87.4 cm³/mol. The molecule has 0 N–H and O–H groups in total. The zero-order chi connectivity index (χ0) is 14.0. The van der Waals surface area contributed by atoms with Gasteiger partial charge in [0.25, 0.3) is 0 Å². The molecule has 0 radical (unpaired) electrons. The summed E-state index contributed by atoms with van der Waals surface area (Å²) in [7, 11) is -1.56. The van der Waals surface area contributed by atoms with Crippen LogP contribution < -0.4 is 4.43 Å². The van der Waals surface area contributed by atoms with Crippen molar-refractivity contribution in [3.63, 3.8) is 0 Å². The third-order valence-electron chi connectivity index (χ3n) is 3.73. The van der Waals surface area contributed by atoms with E-state index in [1.165, 1.54) is 50.6 Å². The van der Waals surface area contributed by atoms with Gasteiger partial charge < -0.3 is 4.43 Å². The molecule has 0 saturated carbocycles. The van der Waals surface area contributed by atoms with Crippen LogP contribution in [0.4, 0.5) is 0 Å². The van der Waals surface area contributed by atoms with Gasteiger partial charge >= 0.3 is 0 Å². The minimum absolute atomic E-state index is 1.07. The molecule has 19 heavy (non-hydrogen) atoms. The Morgan fingerprint density at radius 1 is 0.842 bits per heavy atom. The molecule has 0 heterocycles. The van der Waals surface area contributed by atoms with Crippen LogP contribution in [-0.4, -0.2) is 8.32 Å². The van der Waals surface area contributed by atoms with Crippen molar-refractivity contribution >= 4 is 8.32 Å². The number of para-hydroxylation sites is 1. The van der Waals surface area contributed by atoms with Crippen molar-refractivity contribution in [3.05, 3.63) is 30.3 Å². The minimum atomic E-state index is -1.56. The molecule has 0 fully saturated rings. The van der Waals surface area contributed by atoms with Gasteiger partial charge in [-0.2, -0.15) is 0 Å². The smallest absolute Gasteiger partial charge is 0.248 e. The van der Waals surface area contributed by atoms with E-state index in [1.807, 2.05) is 0 Å². The molecule has 0 saturated heterocycles. The van der Waals surface area contributed by atoms with Gasteiger partial charge in [0, 0.05) is 0 Å². The van der Waals surface area contributed by atoms with E-state index in [2.05, 4.69) is 50.7 Å². The monoisotopic (exact) mass is 278 g/mol. The van der Waals surface area contributed by atoms with E-state index in [0.29, 0.717) is 0 Å². The number of hydrogen-bond acceptors (Lipinski definition) is 1. The Morgan fingerprint density at radius 2 is 1.37 bits per heavy atom. The largest absolute Gasteiger partial charge is 0.544 e. The number of benzene rings is 1. The van der Waals surface area contributed by atoms with E-state index in [-0.39, 0.29) is 0 Å². The van der Waals surface area contributed by atoms with Crippen molar-refractivity contribution in [3.8, 4) is 5.75 Å². The van der Waals surface area contributed by atoms with Crippen molar-refractivity contribution in [2.75, 3.05) is 0 Å². The van der Waals surface area contributed by atoms with E-state index in [4.69, 9.17) is 4.43 Å². The molecule has 0 aliphatic carbocycles. The maximum atomic E-state index is 6.43. The lowest BCUT2D eigenvalue weighted by Gasteiger charge is -2.28. The molecule has 0 aliphatic rings. The molecule has 1 aromatic rings. The Morgan fingerprint density at radius 3 is 1.84 bits per heavy atom. The SMILES string of the molecule is CCCCC[Si](C)(CCCCC)Oc1ccccc1. The van der Waals surface area contributed by atoms with Crippen LogP contribution >= 0.6 is 0 Å². The van der Waals surface area contributed by atoms with Gasteiger partial charge in [0.05, 0.1) is 0 Å². The molecule has 2 heteroatoms. The Hall–Kier alpha value is -0.763. The quantitative estimate of drug-likeness (QED) is 0.375. The number of unbranched alkanes of at least 4 members (excludes halogenated alkanes) is 4. The highest BCUT2D eigenvalue weighted by Gasteiger charge is 2.29. The molecule has 1 nitrogen and oxygen atoms in total. The van der Waals surface area contributed by atoms with Gasteiger partial charge in [-0.1, -0.05) is 70.6 Å². The summed E-state index contributed by atoms with van der Waals surface area (Å²) in [6.45, 7) is 6.97. The standard InChI is InChI=1S/C17H30OSi/c1-4-6-11-15-19(3,16-12-7-5-2)18-17-13-9-8-10-14-17/h8-10,13-14H,4-7,11-12,15-16H2,1-3H3. The van der Waals surface area contributed by atoms with Gasteiger partial charge in [-0.05, 0) is 30.8 Å². The summed E-state index contributed by atoms with van der Waals surface area (Å²) in [6, 6.07) is 13.0. The highest BCUT2D eigenvalue weighted by atomic mass is 28.4. The summed E-state index contributed by atoms with van der Waals surface area (Å²) in [5.74, 6) is 1.07. The molecule has 1 rings (SSSR count). The first-order chi connectivity index (χ1) is 9.20. The topological polar surface area (TPSA) is 9.23 Å². The molecule has 0 aliphatic heterocycles. The molecule has 0 amide bonds. The van der Waals surface area contributed by atoms with Crippen LogP contribution in [0, 0.1) is 0 Å². The molecule has 0 atom stereocenters. The lowest BCUT2D eigenvalue weighted by molar-refractivity contribution is 0.523. The predicted octanol–water partition coefficient (Wildman–Crippen LogP) is 6.02. The van der Waals surface area contributed by atoms with Gasteiger partial charge in [0.2, 0.25) is 8.32 Å². The lowest BCUT2D eigenvalue weighted by Crippen LogP contribution is -2.37. The highest BCUT2D eigenvalue weighted by Crippen LogP contribution is 2.26. The molecule has 0 bridgehead atoms. The van der Waals surface area contributed by atoms with Crippen LogP contribution in [0.3, 0.4) is 0 Å². The van der Waals surface area contributed by atoms with Crippen molar-refractivity contribution in [2.24, 2.45) is 0 Å². The normalized spacial score (nSPS) is 11.5. The van der Waals surface area contributed by atoms with Gasteiger partial charge in [0.1, 0.15) is 5.75 Å². The lowest BCUT2D eigenvalue weighted by atomic mass is 10.3. The summed E-state index contributed by atoms with van der Waals surface area (Å²) in [4.78, 5) is 0. The van der Waals surface area contributed by atoms with Gasteiger partial charge in [-0.25, -0.2) is 0 Å². The first-order valence-corrected chi connectivity index (χ1v) is 10.8. The highest BCUT2D eigenvalue weighted by molar-refractivity contribution is 6.73. The molecule has 0 unspecified atom stereocenters. The van der Waals surface area contributed by atoms with Gasteiger partial charge in [0.15, 0.2) is 0 Å². The van der Waals surface area contributed by atoms with Crippen molar-refractivity contribution < 1.29 is 4.43 Å². The second kappa shape index (κ2) is 9.19. The molecule has 108 valence electrons. The van der Waals surface area contributed by atoms with Crippen molar-refractivity contribution in [1.29, 1.82) is 0 Å². The second-order valence-corrected chi connectivity index (χ2v) is 9.88. The summed E-state index contributed by atoms with van der Waals surface area (Å²) in [5.41, 5.74) is 0. The number of rotatable bonds is 10. The Balaban J connectivity index is 2.56. The van der Waals surface area contributed by atoms with E-state index in [9.17, 15) is 0 Å². The third-order valence-corrected chi connectivity index (χ3v) is 7.28. The average molecular weight is 279 g/mol. The van der Waals surface area contributed by atoms with Crippen LogP contribution in [-0.2, 0) is 0 Å². The third kappa shape index (κ3) is 6.81. The summed E-state index contributed by atoms with van der Waals surface area (Å²) in [5, 5.41) is 0. The maximum absolute atomic E-state index is 6.43.